The first-order valence-electron chi connectivity index (χ1n) is 13.6. The van der Waals surface area contributed by atoms with E-state index in [-0.39, 0.29) is 44.4 Å². The number of halogens is 3. The minimum Gasteiger partial charge on any atom is -0.333 e. The molecule has 0 bridgehead atoms. The summed E-state index contributed by atoms with van der Waals surface area (Å²) in [6.07, 6.45) is -5.19. The number of amides is 4. The van der Waals surface area contributed by atoms with Crippen LogP contribution in [0.2, 0.25) is 0 Å². The molecule has 0 aliphatic carbocycles. The number of nitrogens with one attached hydrogen (secondary N) is 1. The van der Waals surface area contributed by atoms with E-state index in [1.54, 1.807) is 7.05 Å². The van der Waals surface area contributed by atoms with Crippen molar-refractivity contribution in [3.05, 3.63) is 107 Å². The van der Waals surface area contributed by atoms with Gasteiger partial charge in [-0.2, -0.15) is 13.2 Å². The quantitative estimate of drug-likeness (QED) is 0.475. The number of hydrogen-bond acceptors (Lipinski definition) is 4. The minimum absolute atomic E-state index is 0.0612. The minimum atomic E-state index is -4.53. The molecule has 0 radical (unpaired) electrons. The number of fused-ring (bicyclic) bond motifs is 1. The van der Waals surface area contributed by atoms with Crippen molar-refractivity contribution in [1.29, 1.82) is 0 Å². The highest BCUT2D eigenvalue weighted by Crippen LogP contribution is 2.32. The fraction of sp³-hybridized carbons (Fsp3) is 0.323. The smallest absolute Gasteiger partial charge is 0.333 e. The van der Waals surface area contributed by atoms with Crippen molar-refractivity contribution in [3.8, 4) is 0 Å². The SMILES string of the molecule is Cc1ccc(C[C@H]2C(=O)N(Cc3cccc(C(F)(F)F)c3)CC3N2C(=O)CN(C)N3C(=O)NCc2ccccc2)cc1. The maximum atomic E-state index is 13.9. The molecule has 220 valence electrons. The van der Waals surface area contributed by atoms with Gasteiger partial charge in [-0.25, -0.2) is 14.8 Å². The van der Waals surface area contributed by atoms with Gasteiger partial charge in [0.1, 0.15) is 12.2 Å². The number of aryl methyl sites for hydroxylation is 1. The number of benzene rings is 3. The van der Waals surface area contributed by atoms with Crippen LogP contribution in [-0.4, -0.2) is 70.0 Å². The summed E-state index contributed by atoms with van der Waals surface area (Å²) in [5.74, 6) is -0.689. The van der Waals surface area contributed by atoms with Gasteiger partial charge in [-0.1, -0.05) is 72.3 Å². The van der Waals surface area contributed by atoms with Crippen LogP contribution >= 0.6 is 0 Å². The van der Waals surface area contributed by atoms with Crippen molar-refractivity contribution < 1.29 is 27.6 Å². The van der Waals surface area contributed by atoms with Gasteiger partial charge in [0, 0.05) is 26.6 Å². The Labute approximate surface area is 242 Å². The van der Waals surface area contributed by atoms with Crippen LogP contribution < -0.4 is 5.32 Å². The van der Waals surface area contributed by atoms with Crippen molar-refractivity contribution in [3.63, 3.8) is 0 Å². The summed E-state index contributed by atoms with van der Waals surface area (Å²) in [6, 6.07) is 20.4. The Kier molecular flexibility index (Phi) is 8.22. The Morgan fingerprint density at radius 1 is 0.929 bits per heavy atom. The van der Waals surface area contributed by atoms with E-state index in [4.69, 9.17) is 0 Å². The molecule has 0 saturated carbocycles. The number of hydrogen-bond donors (Lipinski definition) is 1. The number of carbonyl (C=O) groups excluding carboxylic acids is 3. The fourth-order valence-electron chi connectivity index (χ4n) is 5.52. The second-order valence-corrected chi connectivity index (χ2v) is 10.7. The van der Waals surface area contributed by atoms with Gasteiger partial charge in [-0.3, -0.25) is 9.59 Å². The van der Waals surface area contributed by atoms with Crippen LogP contribution in [0.4, 0.5) is 18.0 Å². The van der Waals surface area contributed by atoms with Gasteiger partial charge >= 0.3 is 12.2 Å². The molecule has 11 heteroatoms. The maximum Gasteiger partial charge on any atom is 0.416 e. The molecule has 2 aliphatic heterocycles. The number of likely N-dealkylation sites (N-methyl/N-ethyl adjacent to an activating group) is 1. The fourth-order valence-corrected chi connectivity index (χ4v) is 5.52. The van der Waals surface area contributed by atoms with Gasteiger partial charge in [-0.05, 0) is 35.7 Å². The molecule has 5 rings (SSSR count). The Bertz CT molecular complexity index is 1450. The van der Waals surface area contributed by atoms with E-state index < -0.39 is 30.0 Å². The van der Waals surface area contributed by atoms with Gasteiger partial charge in [0.05, 0.1) is 18.7 Å². The maximum absolute atomic E-state index is 13.9. The van der Waals surface area contributed by atoms with Gasteiger partial charge in [0.15, 0.2) is 0 Å². The zero-order valence-electron chi connectivity index (χ0n) is 23.3. The first-order chi connectivity index (χ1) is 20.0. The second kappa shape index (κ2) is 11.8. The van der Waals surface area contributed by atoms with Crippen molar-refractivity contribution in [1.82, 2.24) is 25.1 Å². The lowest BCUT2D eigenvalue weighted by molar-refractivity contribution is -0.187. The van der Waals surface area contributed by atoms with Gasteiger partial charge in [0.25, 0.3) is 0 Å². The predicted octanol–water partition coefficient (Wildman–Crippen LogP) is 4.19. The zero-order chi connectivity index (χ0) is 30.0. The number of nitrogens with zero attached hydrogens (tertiary/aromatic N) is 4. The number of carbonyl (C=O) groups is 3. The average Bonchev–Trinajstić information content (AvgIpc) is 2.95. The summed E-state index contributed by atoms with van der Waals surface area (Å²) >= 11 is 0. The van der Waals surface area contributed by atoms with E-state index >= 15 is 0 Å². The summed E-state index contributed by atoms with van der Waals surface area (Å²) in [6.45, 7) is 1.92. The van der Waals surface area contributed by atoms with Gasteiger partial charge in [-0.15, -0.1) is 0 Å². The zero-order valence-corrected chi connectivity index (χ0v) is 23.3. The molecule has 1 unspecified atom stereocenters. The van der Waals surface area contributed by atoms with E-state index in [1.165, 1.54) is 32.0 Å². The van der Waals surface area contributed by atoms with Gasteiger partial charge < -0.3 is 15.1 Å². The lowest BCUT2D eigenvalue weighted by atomic mass is 9.97. The molecule has 2 heterocycles. The molecule has 2 atom stereocenters. The first-order valence-corrected chi connectivity index (χ1v) is 13.6. The Balaban J connectivity index is 1.47. The highest BCUT2D eigenvalue weighted by molar-refractivity contribution is 5.91. The summed E-state index contributed by atoms with van der Waals surface area (Å²) in [4.78, 5) is 43.8. The number of rotatable bonds is 6. The first kappa shape index (κ1) is 29.1. The molecule has 4 amide bonds. The largest absolute Gasteiger partial charge is 0.416 e. The summed E-state index contributed by atoms with van der Waals surface area (Å²) in [7, 11) is 1.62. The van der Waals surface area contributed by atoms with E-state index in [2.05, 4.69) is 5.32 Å². The van der Waals surface area contributed by atoms with E-state index in [9.17, 15) is 27.6 Å². The number of alkyl halides is 3. The molecule has 2 aliphatic rings. The number of urea groups is 1. The Hall–Kier alpha value is -4.38. The number of hydrazine groups is 1. The topological polar surface area (TPSA) is 76.2 Å². The molecule has 0 aromatic heterocycles. The molecule has 8 nitrogen and oxygen atoms in total. The predicted molar refractivity (Wildman–Crippen MR) is 149 cm³/mol. The van der Waals surface area contributed by atoms with Crippen molar-refractivity contribution in [2.45, 2.75) is 44.8 Å². The standard InChI is InChI=1S/C31H32F3N5O3/c1-21-11-13-22(14-12-21)16-26-29(41)37(18-24-9-6-10-25(15-24)31(32,33)34)19-27-38(26)28(40)20-36(2)39(27)30(42)35-17-23-7-4-3-5-8-23/h3-15,26-27H,16-20H2,1-2H3,(H,35,42)/t26-,27?/m0/s1. The summed E-state index contributed by atoms with van der Waals surface area (Å²) < 4.78 is 40.3. The van der Waals surface area contributed by atoms with E-state index in [0.29, 0.717) is 5.56 Å². The molecule has 3 aromatic rings. The normalized spacial score (nSPS) is 19.6. The third-order valence-corrected chi connectivity index (χ3v) is 7.61. The molecule has 2 fully saturated rings. The molecule has 2 saturated heterocycles. The van der Waals surface area contributed by atoms with Crippen molar-refractivity contribution in [2.75, 3.05) is 20.1 Å². The monoisotopic (exact) mass is 579 g/mol. The van der Waals surface area contributed by atoms with Crippen LogP contribution in [0.1, 0.15) is 27.8 Å². The van der Waals surface area contributed by atoms with Crippen LogP contribution in [0.15, 0.2) is 78.9 Å². The average molecular weight is 580 g/mol. The highest BCUT2D eigenvalue weighted by Gasteiger charge is 2.50. The Morgan fingerprint density at radius 3 is 2.31 bits per heavy atom. The van der Waals surface area contributed by atoms with Crippen LogP contribution in [0.3, 0.4) is 0 Å². The molecular weight excluding hydrogens is 547 g/mol. The number of piperazine rings is 1. The third kappa shape index (κ3) is 6.25. The third-order valence-electron chi connectivity index (χ3n) is 7.61. The Morgan fingerprint density at radius 2 is 1.62 bits per heavy atom. The second-order valence-electron chi connectivity index (χ2n) is 10.7. The van der Waals surface area contributed by atoms with Gasteiger partial charge in [0.2, 0.25) is 11.8 Å². The molecule has 42 heavy (non-hydrogen) atoms. The lowest BCUT2D eigenvalue weighted by Gasteiger charge is -2.54. The van der Waals surface area contributed by atoms with Crippen LogP contribution in [-0.2, 0) is 35.3 Å². The molecule has 0 spiro atoms. The van der Waals surface area contributed by atoms with Crippen molar-refractivity contribution in [2.24, 2.45) is 0 Å². The van der Waals surface area contributed by atoms with Crippen LogP contribution in [0.5, 0.6) is 0 Å². The van der Waals surface area contributed by atoms with E-state index in [0.717, 1.165) is 28.8 Å². The molecule has 3 aromatic carbocycles. The van der Waals surface area contributed by atoms with Crippen LogP contribution in [0.25, 0.3) is 0 Å². The van der Waals surface area contributed by atoms with Crippen LogP contribution in [0, 0.1) is 6.92 Å². The summed E-state index contributed by atoms with van der Waals surface area (Å²) in [5.41, 5.74) is 2.24. The summed E-state index contributed by atoms with van der Waals surface area (Å²) in [5, 5.41) is 5.84. The molecule has 1 N–H and O–H groups in total. The lowest BCUT2D eigenvalue weighted by Crippen LogP contribution is -2.76. The van der Waals surface area contributed by atoms with Crippen molar-refractivity contribution >= 4 is 17.8 Å². The highest BCUT2D eigenvalue weighted by atomic mass is 19.4. The molecular formula is C31H32F3N5O3. The van der Waals surface area contributed by atoms with E-state index in [1.807, 2.05) is 61.5 Å².